The van der Waals surface area contributed by atoms with Crippen LogP contribution in [0.4, 0.5) is 5.69 Å². The number of aliphatic imine (C=N–C) groups is 2. The van der Waals surface area contributed by atoms with Crippen molar-refractivity contribution < 1.29 is 0 Å². The zero-order valence-corrected chi connectivity index (χ0v) is 35.5. The molecule has 1 aliphatic rings. The first-order valence-electron chi connectivity index (χ1n) is 20.6. The Bertz CT molecular complexity index is 3030. The van der Waals surface area contributed by atoms with Gasteiger partial charge in [-0.15, -0.1) is 0 Å². The molecule has 0 spiro atoms. The molecule has 1 aromatic heterocycles. The largest absolute Gasteiger partial charge is 0.233 e. The van der Waals surface area contributed by atoms with Crippen LogP contribution in [0.3, 0.4) is 0 Å². The highest BCUT2D eigenvalue weighted by atomic mass is 32.2. The fourth-order valence-electron chi connectivity index (χ4n) is 7.49. The van der Waals surface area contributed by atoms with Gasteiger partial charge in [-0.05, 0) is 76.7 Å². The summed E-state index contributed by atoms with van der Waals surface area (Å²) in [7, 11) is 0. The Morgan fingerprint density at radius 2 is 0.903 bits per heavy atom. The maximum Gasteiger partial charge on any atom is 0.164 e. The Hall–Kier alpha value is -7.19. The van der Waals surface area contributed by atoms with Crippen molar-refractivity contribution in [2.45, 2.75) is 32.9 Å². The highest BCUT2D eigenvalue weighted by Crippen LogP contribution is 2.51. The minimum Gasteiger partial charge on any atom is -0.233 e. The lowest BCUT2D eigenvalue weighted by atomic mass is 9.94. The molecule has 0 fully saturated rings. The van der Waals surface area contributed by atoms with E-state index in [-0.39, 0.29) is 0 Å². The fraction of sp³-hybridized carbons (Fsp3) is 0.0364. The molecule has 0 unspecified atom stereocenters. The summed E-state index contributed by atoms with van der Waals surface area (Å²) in [6, 6.07) is 71.2. The van der Waals surface area contributed by atoms with Gasteiger partial charge in [-0.3, -0.25) is 0 Å². The van der Waals surface area contributed by atoms with Crippen molar-refractivity contribution in [2.24, 2.45) is 9.98 Å². The van der Waals surface area contributed by atoms with Crippen LogP contribution in [0.2, 0.25) is 0 Å². The van der Waals surface area contributed by atoms with E-state index in [4.69, 9.17) is 24.9 Å². The number of hydrogen-bond acceptors (Lipinski definition) is 6. The van der Waals surface area contributed by atoms with Crippen molar-refractivity contribution >= 4 is 40.8 Å². The van der Waals surface area contributed by atoms with E-state index in [1.54, 1.807) is 0 Å². The van der Waals surface area contributed by atoms with Crippen LogP contribution in [0.5, 0.6) is 0 Å². The minimum absolute atomic E-state index is 0.587. The molecule has 9 aromatic rings. The van der Waals surface area contributed by atoms with Gasteiger partial charge >= 0.3 is 0 Å². The first-order valence-corrected chi connectivity index (χ1v) is 22.3. The third kappa shape index (κ3) is 8.41. The molecule has 296 valence electrons. The Balaban J connectivity index is 1.13. The van der Waals surface area contributed by atoms with Gasteiger partial charge in [-0.1, -0.05) is 194 Å². The number of nitrogens with zero attached hydrogens (tertiary/aromatic N) is 5. The number of rotatable bonds is 9. The van der Waals surface area contributed by atoms with Gasteiger partial charge in [-0.25, -0.2) is 24.9 Å². The molecule has 0 radical (unpaired) electrons. The van der Waals surface area contributed by atoms with Crippen molar-refractivity contribution in [1.29, 1.82) is 0 Å². The molecule has 0 bridgehead atoms. The molecular formula is C55H39N5S2. The van der Waals surface area contributed by atoms with E-state index < -0.39 is 0 Å². The zero-order chi connectivity index (χ0) is 41.7. The second-order valence-corrected chi connectivity index (χ2v) is 16.9. The first kappa shape index (κ1) is 39.0. The van der Waals surface area contributed by atoms with Gasteiger partial charge in [0.2, 0.25) is 0 Å². The average Bonchev–Trinajstić information content (AvgIpc) is 3.35. The number of hydrogen-bond donors (Lipinski definition) is 0. The van der Waals surface area contributed by atoms with Gasteiger partial charge in [0.25, 0.3) is 0 Å². The minimum atomic E-state index is 0.587. The Labute approximate surface area is 370 Å². The van der Waals surface area contributed by atoms with Gasteiger partial charge in [0.15, 0.2) is 23.3 Å². The summed E-state index contributed by atoms with van der Waals surface area (Å²) >= 11 is 3.65. The second-order valence-electron chi connectivity index (χ2n) is 14.7. The second kappa shape index (κ2) is 17.8. The Morgan fingerprint density at radius 1 is 0.403 bits per heavy atom. The van der Waals surface area contributed by atoms with Crippen molar-refractivity contribution in [3.8, 4) is 56.4 Å². The summed E-state index contributed by atoms with van der Waals surface area (Å²) in [5.74, 6) is 2.46. The lowest BCUT2D eigenvalue weighted by Crippen LogP contribution is -2.07. The first-order chi connectivity index (χ1) is 30.6. The summed E-state index contributed by atoms with van der Waals surface area (Å²) in [6.07, 6.45) is 0.679. The molecule has 2 heterocycles. The molecule has 0 amide bonds. The molecule has 0 atom stereocenters. The zero-order valence-electron chi connectivity index (χ0n) is 33.9. The third-order valence-electron chi connectivity index (χ3n) is 10.6. The van der Waals surface area contributed by atoms with Crippen LogP contribution in [0, 0.1) is 0 Å². The van der Waals surface area contributed by atoms with E-state index in [2.05, 4.69) is 104 Å². The van der Waals surface area contributed by atoms with Gasteiger partial charge < -0.3 is 0 Å². The lowest BCUT2D eigenvalue weighted by Gasteiger charge is -2.21. The van der Waals surface area contributed by atoms with Crippen molar-refractivity contribution in [2.75, 3.05) is 0 Å². The van der Waals surface area contributed by atoms with E-state index in [0.29, 0.717) is 29.7 Å². The molecule has 0 saturated heterocycles. The number of amidine groups is 1. The van der Waals surface area contributed by atoms with Crippen molar-refractivity contribution in [3.05, 3.63) is 217 Å². The molecular weight excluding hydrogens is 795 g/mol. The molecule has 8 aromatic carbocycles. The number of aromatic nitrogens is 3. The van der Waals surface area contributed by atoms with Crippen molar-refractivity contribution in [3.63, 3.8) is 0 Å². The van der Waals surface area contributed by atoms with E-state index in [1.165, 1.54) is 30.7 Å². The van der Waals surface area contributed by atoms with Crippen LogP contribution < -0.4 is 0 Å². The molecule has 0 aliphatic carbocycles. The highest BCUT2D eigenvalue weighted by molar-refractivity contribution is 8.05. The van der Waals surface area contributed by atoms with E-state index in [0.717, 1.165) is 50.3 Å². The Kier molecular flexibility index (Phi) is 11.2. The van der Waals surface area contributed by atoms with Gasteiger partial charge in [0, 0.05) is 47.5 Å². The molecule has 10 rings (SSSR count). The topological polar surface area (TPSA) is 63.4 Å². The van der Waals surface area contributed by atoms with Crippen LogP contribution >= 0.6 is 23.5 Å². The quantitative estimate of drug-likeness (QED) is 0.107. The van der Waals surface area contributed by atoms with Crippen LogP contribution in [0.1, 0.15) is 24.5 Å². The van der Waals surface area contributed by atoms with Crippen LogP contribution in [-0.4, -0.2) is 26.5 Å². The molecule has 62 heavy (non-hydrogen) atoms. The standard InChI is InChI=1S/C55H39N5S2/c1-2-47(57-52(38-20-10-4-11-21-38)56-44-26-16-7-17-27-44)43-28-31-45(42-30-33-49-51(36-42)62-50-35-41(29-32-48(50)61-49)37-18-8-3-9-19-37)46(34-43)55-59-53(39-22-12-5-13-23-39)58-54(60-55)40-24-14-6-15-25-40/h3-36H,2H2,1H3/b56-52-,57-47+. The normalized spacial score (nSPS) is 12.4. The number of fused-ring (bicyclic) bond motifs is 2. The van der Waals surface area contributed by atoms with Crippen LogP contribution in [0.15, 0.2) is 236 Å². The summed E-state index contributed by atoms with van der Waals surface area (Å²) in [4.78, 5) is 30.8. The van der Waals surface area contributed by atoms with Gasteiger partial charge in [0.1, 0.15) is 0 Å². The number of para-hydroxylation sites is 1. The van der Waals surface area contributed by atoms with Gasteiger partial charge in [-0.2, -0.15) is 0 Å². The maximum atomic E-state index is 5.31. The summed E-state index contributed by atoms with van der Waals surface area (Å²) in [6.45, 7) is 2.14. The molecule has 0 N–H and O–H groups in total. The maximum absolute atomic E-state index is 5.31. The van der Waals surface area contributed by atoms with Crippen LogP contribution in [0.25, 0.3) is 56.4 Å². The fourth-order valence-corrected chi connectivity index (χ4v) is 9.76. The third-order valence-corrected chi connectivity index (χ3v) is 13.2. The summed E-state index contributed by atoms with van der Waals surface area (Å²) < 4.78 is 0. The van der Waals surface area contributed by atoms with Crippen LogP contribution in [-0.2, 0) is 0 Å². The van der Waals surface area contributed by atoms with Gasteiger partial charge in [0.05, 0.1) is 5.69 Å². The van der Waals surface area contributed by atoms with E-state index >= 15 is 0 Å². The SMILES string of the molecule is CC/C(=N\C(=N/c1ccccc1)c1ccccc1)c1ccc(-c2ccc3c(c2)Sc2cc(-c4ccccc4)ccc2S3)c(-c2nc(-c3ccccc3)nc(-c3ccccc3)n2)c1. The van der Waals surface area contributed by atoms with E-state index in [9.17, 15) is 0 Å². The van der Waals surface area contributed by atoms with Crippen molar-refractivity contribution in [1.82, 2.24) is 15.0 Å². The lowest BCUT2D eigenvalue weighted by molar-refractivity contribution is 1.07. The molecule has 7 heteroatoms. The molecule has 5 nitrogen and oxygen atoms in total. The predicted molar refractivity (Wildman–Crippen MR) is 258 cm³/mol. The average molecular weight is 834 g/mol. The van der Waals surface area contributed by atoms with E-state index in [1.807, 2.05) is 133 Å². The summed E-state index contributed by atoms with van der Waals surface area (Å²) in [5.41, 5.74) is 10.9. The molecule has 0 saturated carbocycles. The smallest absolute Gasteiger partial charge is 0.164 e. The monoisotopic (exact) mass is 833 g/mol. The highest BCUT2D eigenvalue weighted by Gasteiger charge is 2.22. The molecule has 1 aliphatic heterocycles. The number of benzene rings is 8. The summed E-state index contributed by atoms with van der Waals surface area (Å²) in [5, 5.41) is 0. The Morgan fingerprint density at radius 3 is 1.50 bits per heavy atom. The predicted octanol–water partition coefficient (Wildman–Crippen LogP) is 14.8.